The highest BCUT2D eigenvalue weighted by Crippen LogP contribution is 2.19. The lowest BCUT2D eigenvalue weighted by atomic mass is 10.3. The summed E-state index contributed by atoms with van der Waals surface area (Å²) in [6, 6.07) is 3.76. The molecular formula is C12H13ClFN3O2. The third-order valence-electron chi connectivity index (χ3n) is 2.78. The van der Waals surface area contributed by atoms with Crippen LogP contribution in [0.4, 0.5) is 10.1 Å². The van der Waals surface area contributed by atoms with Crippen LogP contribution >= 0.6 is 11.6 Å². The zero-order valence-electron chi connectivity index (χ0n) is 10.1. The van der Waals surface area contributed by atoms with Crippen LogP contribution in [0.2, 0.25) is 5.02 Å². The number of rotatable bonds is 1. The van der Waals surface area contributed by atoms with Crippen LogP contribution in [0.3, 0.4) is 0 Å². The van der Waals surface area contributed by atoms with Gasteiger partial charge in [-0.25, -0.2) is 4.39 Å². The highest BCUT2D eigenvalue weighted by molar-refractivity contribution is 6.39. The Balaban J connectivity index is 2.03. The van der Waals surface area contributed by atoms with E-state index in [1.807, 2.05) is 0 Å². The second-order valence-electron chi connectivity index (χ2n) is 4.12. The summed E-state index contributed by atoms with van der Waals surface area (Å²) in [5.74, 6) is -2.16. The Morgan fingerprint density at radius 2 is 2.00 bits per heavy atom. The molecule has 2 amide bonds. The van der Waals surface area contributed by atoms with Gasteiger partial charge in [-0.3, -0.25) is 9.59 Å². The van der Waals surface area contributed by atoms with Crippen LogP contribution in [-0.4, -0.2) is 42.9 Å². The summed E-state index contributed by atoms with van der Waals surface area (Å²) in [5.41, 5.74) is -0.0963. The van der Waals surface area contributed by atoms with Gasteiger partial charge in [-0.1, -0.05) is 11.6 Å². The maximum Gasteiger partial charge on any atom is 0.313 e. The summed E-state index contributed by atoms with van der Waals surface area (Å²) >= 11 is 5.71. The van der Waals surface area contributed by atoms with Gasteiger partial charge >= 0.3 is 11.8 Å². The third-order valence-corrected chi connectivity index (χ3v) is 3.01. The molecule has 1 fully saturated rings. The SMILES string of the molecule is O=C(Nc1cc(Cl)ccc1F)C(=O)N1CCNCC1. The lowest BCUT2D eigenvalue weighted by Crippen LogP contribution is -2.49. The van der Waals surface area contributed by atoms with E-state index in [1.54, 1.807) is 0 Å². The molecule has 1 heterocycles. The maximum absolute atomic E-state index is 13.4. The molecule has 2 N–H and O–H groups in total. The Morgan fingerprint density at radius 1 is 1.32 bits per heavy atom. The number of hydrogen-bond donors (Lipinski definition) is 2. The van der Waals surface area contributed by atoms with Gasteiger partial charge in [-0.05, 0) is 18.2 Å². The number of halogens is 2. The number of piperazine rings is 1. The summed E-state index contributed by atoms with van der Waals surface area (Å²) in [4.78, 5) is 25.0. The molecule has 1 aliphatic heterocycles. The van der Waals surface area contributed by atoms with Crippen LogP contribution in [0.5, 0.6) is 0 Å². The molecule has 0 bridgehead atoms. The molecule has 1 aromatic rings. The Bertz CT molecular complexity index is 504. The summed E-state index contributed by atoms with van der Waals surface area (Å²) in [6.45, 7) is 2.21. The highest BCUT2D eigenvalue weighted by atomic mass is 35.5. The van der Waals surface area contributed by atoms with E-state index >= 15 is 0 Å². The summed E-state index contributed by atoms with van der Waals surface area (Å²) in [6.07, 6.45) is 0. The maximum atomic E-state index is 13.4. The van der Waals surface area contributed by atoms with Gasteiger partial charge in [0.05, 0.1) is 5.69 Å². The molecule has 0 spiro atoms. The molecular weight excluding hydrogens is 273 g/mol. The fourth-order valence-electron chi connectivity index (χ4n) is 1.78. The van der Waals surface area contributed by atoms with Crippen molar-refractivity contribution < 1.29 is 14.0 Å². The van der Waals surface area contributed by atoms with Gasteiger partial charge in [-0.2, -0.15) is 0 Å². The van der Waals surface area contributed by atoms with Crippen molar-refractivity contribution in [3.63, 3.8) is 0 Å². The van der Waals surface area contributed by atoms with Crippen LogP contribution in [0, 0.1) is 5.82 Å². The first-order valence-electron chi connectivity index (χ1n) is 5.84. The fraction of sp³-hybridized carbons (Fsp3) is 0.333. The molecule has 1 aromatic carbocycles. The lowest BCUT2D eigenvalue weighted by Gasteiger charge is -2.26. The first kappa shape index (κ1) is 13.8. The van der Waals surface area contributed by atoms with Crippen molar-refractivity contribution >= 4 is 29.1 Å². The van der Waals surface area contributed by atoms with E-state index in [0.717, 1.165) is 6.07 Å². The predicted molar refractivity (Wildman–Crippen MR) is 69.5 cm³/mol. The largest absolute Gasteiger partial charge is 0.332 e. The first-order valence-corrected chi connectivity index (χ1v) is 6.22. The Hall–Kier alpha value is -1.66. The predicted octanol–water partition coefficient (Wildman–Crippen LogP) is 0.849. The van der Waals surface area contributed by atoms with E-state index in [-0.39, 0.29) is 10.7 Å². The number of hydrogen-bond acceptors (Lipinski definition) is 3. The third kappa shape index (κ3) is 3.42. The van der Waals surface area contributed by atoms with E-state index < -0.39 is 17.6 Å². The lowest BCUT2D eigenvalue weighted by molar-refractivity contribution is -0.143. The molecule has 0 unspecified atom stereocenters. The molecule has 0 aromatic heterocycles. The van der Waals surface area contributed by atoms with E-state index in [2.05, 4.69) is 10.6 Å². The number of carbonyl (C=O) groups excluding carboxylic acids is 2. The van der Waals surface area contributed by atoms with E-state index in [9.17, 15) is 14.0 Å². The molecule has 19 heavy (non-hydrogen) atoms. The van der Waals surface area contributed by atoms with Crippen molar-refractivity contribution in [2.45, 2.75) is 0 Å². The standard InChI is InChI=1S/C12H13ClFN3O2/c13-8-1-2-9(14)10(7-8)16-11(18)12(19)17-5-3-15-4-6-17/h1-2,7,15H,3-6H2,(H,16,18). The molecule has 0 saturated carbocycles. The van der Waals surface area contributed by atoms with Gasteiger partial charge in [0.2, 0.25) is 0 Å². The van der Waals surface area contributed by atoms with Gasteiger partial charge < -0.3 is 15.5 Å². The number of benzene rings is 1. The van der Waals surface area contributed by atoms with Crippen molar-refractivity contribution in [2.24, 2.45) is 0 Å². The zero-order valence-corrected chi connectivity index (χ0v) is 10.8. The van der Waals surface area contributed by atoms with Gasteiger partial charge in [0.15, 0.2) is 0 Å². The summed E-state index contributed by atoms with van der Waals surface area (Å²) in [5, 5.41) is 5.59. The number of amides is 2. The molecule has 7 heteroatoms. The fourth-order valence-corrected chi connectivity index (χ4v) is 1.95. The highest BCUT2D eigenvalue weighted by Gasteiger charge is 2.23. The Labute approximate surface area is 114 Å². The van der Waals surface area contributed by atoms with Crippen LogP contribution < -0.4 is 10.6 Å². The molecule has 1 aliphatic rings. The van der Waals surface area contributed by atoms with Crippen LogP contribution in [0.25, 0.3) is 0 Å². The van der Waals surface area contributed by atoms with E-state index in [4.69, 9.17) is 11.6 Å². The van der Waals surface area contributed by atoms with Crippen molar-refractivity contribution in [1.82, 2.24) is 10.2 Å². The number of nitrogens with zero attached hydrogens (tertiary/aromatic N) is 1. The van der Waals surface area contributed by atoms with Gasteiger partial charge in [0.25, 0.3) is 0 Å². The van der Waals surface area contributed by atoms with Gasteiger partial charge in [-0.15, -0.1) is 0 Å². The monoisotopic (exact) mass is 285 g/mol. The minimum absolute atomic E-state index is 0.0963. The zero-order chi connectivity index (χ0) is 13.8. The number of carbonyl (C=O) groups is 2. The normalized spacial score (nSPS) is 15.2. The second-order valence-corrected chi connectivity index (χ2v) is 4.56. The van der Waals surface area contributed by atoms with Crippen molar-refractivity contribution in [2.75, 3.05) is 31.5 Å². The Morgan fingerprint density at radius 3 is 2.68 bits per heavy atom. The minimum atomic E-state index is -0.858. The van der Waals surface area contributed by atoms with Crippen molar-refractivity contribution in [3.8, 4) is 0 Å². The minimum Gasteiger partial charge on any atom is -0.332 e. The summed E-state index contributed by atoms with van der Waals surface area (Å²) in [7, 11) is 0. The molecule has 1 saturated heterocycles. The Kier molecular flexibility index (Phi) is 4.34. The first-order chi connectivity index (χ1) is 9.08. The average molecular weight is 286 g/mol. The topological polar surface area (TPSA) is 61.4 Å². The van der Waals surface area contributed by atoms with E-state index in [0.29, 0.717) is 26.2 Å². The number of anilines is 1. The van der Waals surface area contributed by atoms with Crippen molar-refractivity contribution in [1.29, 1.82) is 0 Å². The summed E-state index contributed by atoms with van der Waals surface area (Å²) < 4.78 is 13.4. The van der Waals surface area contributed by atoms with Crippen LogP contribution in [-0.2, 0) is 9.59 Å². The smallest absolute Gasteiger partial charge is 0.313 e. The molecule has 102 valence electrons. The van der Waals surface area contributed by atoms with Crippen molar-refractivity contribution in [3.05, 3.63) is 29.0 Å². The van der Waals surface area contributed by atoms with Gasteiger partial charge in [0.1, 0.15) is 5.82 Å². The van der Waals surface area contributed by atoms with Crippen LogP contribution in [0.15, 0.2) is 18.2 Å². The molecule has 0 atom stereocenters. The quantitative estimate of drug-likeness (QED) is 0.752. The second kappa shape index (κ2) is 5.99. The molecule has 2 rings (SSSR count). The van der Waals surface area contributed by atoms with E-state index in [1.165, 1.54) is 17.0 Å². The van der Waals surface area contributed by atoms with Gasteiger partial charge in [0, 0.05) is 31.2 Å². The average Bonchev–Trinajstić information content (AvgIpc) is 2.43. The number of nitrogens with one attached hydrogen (secondary N) is 2. The molecule has 0 radical (unpaired) electrons. The molecule has 5 nitrogen and oxygen atoms in total. The molecule has 0 aliphatic carbocycles. The van der Waals surface area contributed by atoms with Crippen LogP contribution in [0.1, 0.15) is 0 Å².